The van der Waals surface area contributed by atoms with Gasteiger partial charge in [0.05, 0.1) is 5.75 Å². The predicted molar refractivity (Wildman–Crippen MR) is 65.4 cm³/mol. The molecule has 0 unspecified atom stereocenters. The van der Waals surface area contributed by atoms with Crippen molar-refractivity contribution < 1.29 is 17.2 Å². The topological polar surface area (TPSA) is 47.0 Å². The zero-order valence-electron chi connectivity index (χ0n) is 9.81. The number of sulfone groups is 1. The van der Waals surface area contributed by atoms with Crippen LogP contribution < -0.4 is 0 Å². The van der Waals surface area contributed by atoms with E-state index in [1.807, 2.05) is 0 Å². The summed E-state index contributed by atoms with van der Waals surface area (Å²) in [5.41, 5.74) is -0.401. The predicted octanol–water partition coefficient (Wildman–Crippen LogP) is 1.95. The van der Waals surface area contributed by atoms with Gasteiger partial charge in [-0.25, -0.2) is 22.2 Å². The lowest BCUT2D eigenvalue weighted by Gasteiger charge is -2.15. The van der Waals surface area contributed by atoms with Crippen LogP contribution in [-0.2, 0) is 9.84 Å². The molecule has 0 aliphatic carbocycles. The zero-order valence-corrected chi connectivity index (χ0v) is 10.6. The summed E-state index contributed by atoms with van der Waals surface area (Å²) in [5, 5.41) is -0.124. The smallest absolute Gasteiger partial charge is 0.220 e. The highest BCUT2D eigenvalue weighted by Gasteiger charge is 2.27. The lowest BCUT2D eigenvalue weighted by Crippen LogP contribution is -2.21. The molecule has 0 aromatic carbocycles. The molecule has 96 valence electrons. The summed E-state index contributed by atoms with van der Waals surface area (Å²) < 4.78 is 49.3. The van der Waals surface area contributed by atoms with Crippen molar-refractivity contribution in [1.29, 1.82) is 0 Å². The Morgan fingerprint density at radius 1 is 1.50 bits per heavy atom. The lowest BCUT2D eigenvalue weighted by atomic mass is 9.89. The van der Waals surface area contributed by atoms with Gasteiger partial charge in [0, 0.05) is 6.20 Å². The quantitative estimate of drug-likeness (QED) is 0.607. The van der Waals surface area contributed by atoms with E-state index in [1.165, 1.54) is 25.3 Å². The van der Waals surface area contributed by atoms with E-state index >= 15 is 0 Å². The fourth-order valence-electron chi connectivity index (χ4n) is 1.38. The first-order valence-corrected chi connectivity index (χ1v) is 6.89. The van der Waals surface area contributed by atoms with Crippen molar-refractivity contribution >= 4 is 17.7 Å². The molecule has 0 N–H and O–H groups in total. The van der Waals surface area contributed by atoms with E-state index in [2.05, 4.69) is 12.8 Å². The molecule has 1 rings (SSSR count). The largest absolute Gasteiger partial charge is 0.245 e. The summed E-state index contributed by atoms with van der Waals surface area (Å²) in [5.74, 6) is -3.94. The first-order chi connectivity index (χ1) is 8.27. The average Bonchev–Trinajstić information content (AvgIpc) is 2.29. The van der Waals surface area contributed by atoms with Crippen LogP contribution in [0.25, 0.3) is 0 Å². The van der Waals surface area contributed by atoms with Crippen LogP contribution in [0.2, 0.25) is 0 Å². The third-order valence-electron chi connectivity index (χ3n) is 2.37. The number of alkyl halides is 2. The Kier molecular flexibility index (Phi) is 4.62. The Labute approximate surface area is 106 Å². The van der Waals surface area contributed by atoms with E-state index in [9.17, 15) is 17.2 Å². The van der Waals surface area contributed by atoms with Crippen LogP contribution in [0, 0.1) is 0 Å². The molecule has 0 saturated carbocycles. The number of nitrogens with zero attached hydrogens (tertiary/aromatic N) is 1. The van der Waals surface area contributed by atoms with Crippen molar-refractivity contribution in [3.05, 3.63) is 36.0 Å². The highest BCUT2D eigenvalue weighted by Crippen LogP contribution is 2.24. The number of aromatic nitrogens is 1. The van der Waals surface area contributed by atoms with Gasteiger partial charge < -0.3 is 0 Å². The number of hydrogen-bond donors (Lipinski definition) is 0. The first kappa shape index (κ1) is 14.8. The van der Waals surface area contributed by atoms with Gasteiger partial charge in [-0.1, -0.05) is 12.1 Å². The molecule has 0 amide bonds. The summed E-state index contributed by atoms with van der Waals surface area (Å²) in [6, 6.07) is 4.42. The van der Waals surface area contributed by atoms with Crippen LogP contribution in [0.3, 0.4) is 0 Å². The molecule has 18 heavy (non-hydrogen) atoms. The van der Waals surface area contributed by atoms with E-state index in [-0.39, 0.29) is 11.4 Å². The van der Waals surface area contributed by atoms with Gasteiger partial charge in [-0.05, 0) is 31.1 Å². The van der Waals surface area contributed by atoms with Crippen LogP contribution >= 0.6 is 0 Å². The molecule has 1 aromatic heterocycles. The molecule has 0 atom stereocenters. The van der Waals surface area contributed by atoms with E-state index < -0.39 is 27.0 Å². The zero-order chi connectivity index (χ0) is 13.8. The fraction of sp³-hybridized carbons (Fsp3) is 0.364. The number of rotatable bonds is 5. The van der Waals surface area contributed by atoms with Gasteiger partial charge in [-0.15, -0.1) is 0 Å². The Hall–Kier alpha value is -1.24. The number of allylic oxidation sites excluding steroid dienone is 2. The third-order valence-corrected chi connectivity index (χ3v) is 3.99. The van der Waals surface area contributed by atoms with Crippen LogP contribution in [0.4, 0.5) is 8.78 Å². The van der Waals surface area contributed by atoms with Crippen molar-refractivity contribution in [1.82, 2.24) is 4.98 Å². The second-order valence-corrected chi connectivity index (χ2v) is 5.73. The van der Waals surface area contributed by atoms with Gasteiger partial charge in [-0.3, -0.25) is 0 Å². The van der Waals surface area contributed by atoms with E-state index in [1.54, 1.807) is 6.07 Å². The minimum absolute atomic E-state index is 0.124. The summed E-state index contributed by atoms with van der Waals surface area (Å²) in [7, 11) is 0.980. The maximum absolute atomic E-state index is 12.9. The van der Waals surface area contributed by atoms with E-state index in [4.69, 9.17) is 0 Å². The van der Waals surface area contributed by atoms with Gasteiger partial charge in [-0.2, -0.15) is 0 Å². The van der Waals surface area contributed by atoms with Gasteiger partial charge in [0.25, 0.3) is 0 Å². The second kappa shape index (κ2) is 5.60. The van der Waals surface area contributed by atoms with Crippen LogP contribution in [0.5, 0.6) is 0 Å². The van der Waals surface area contributed by atoms with Gasteiger partial charge >= 0.3 is 0 Å². The molecular formula is C11H12BF2NO2S. The fourth-order valence-corrected chi connectivity index (χ4v) is 2.59. The Morgan fingerprint density at radius 3 is 2.61 bits per heavy atom. The lowest BCUT2D eigenvalue weighted by molar-refractivity contribution is 0.134. The number of halogens is 2. The highest BCUT2D eigenvalue weighted by molar-refractivity contribution is 7.91. The molecule has 1 heterocycles. The highest BCUT2D eigenvalue weighted by atomic mass is 32.2. The maximum Gasteiger partial charge on any atom is 0.220 e. The standard InChI is InChI=1S/C11H12BF2NO2S/c1-2-9(11(12,13)14)6-8-18(16,17)10-5-3-4-7-15-10/h2-5,7H,6,8H2,1H3/b9-2+. The second-order valence-electron chi connectivity index (χ2n) is 3.67. The molecule has 2 radical (unpaired) electrons. The number of hydrogen-bond acceptors (Lipinski definition) is 3. The van der Waals surface area contributed by atoms with E-state index in [0.717, 1.165) is 6.08 Å². The molecule has 0 spiro atoms. The molecule has 3 nitrogen and oxygen atoms in total. The monoisotopic (exact) mass is 271 g/mol. The third kappa shape index (κ3) is 3.91. The molecule has 7 heteroatoms. The summed E-state index contributed by atoms with van der Waals surface area (Å²) in [6.45, 7) is 1.39. The molecule has 0 aliphatic rings. The maximum atomic E-state index is 12.9. The van der Waals surface area contributed by atoms with Gasteiger partial charge in [0.2, 0.25) is 5.82 Å². The first-order valence-electron chi connectivity index (χ1n) is 5.23. The van der Waals surface area contributed by atoms with Crippen molar-refractivity contribution in [2.45, 2.75) is 24.2 Å². The SMILES string of the molecule is [B]C(F)(F)/C(=C/C)CCS(=O)(=O)c1ccccn1. The minimum atomic E-state index is -3.67. The van der Waals surface area contributed by atoms with Crippen LogP contribution in [-0.4, -0.2) is 32.8 Å². The number of pyridine rings is 1. The normalized spacial score (nSPS) is 13.6. The molecular weight excluding hydrogens is 259 g/mol. The van der Waals surface area contributed by atoms with Crippen molar-refractivity contribution in [2.24, 2.45) is 0 Å². The van der Waals surface area contributed by atoms with Crippen molar-refractivity contribution in [3.63, 3.8) is 0 Å². The summed E-state index contributed by atoms with van der Waals surface area (Å²) in [4.78, 5) is 3.69. The van der Waals surface area contributed by atoms with Crippen molar-refractivity contribution in [3.8, 4) is 0 Å². The molecule has 0 bridgehead atoms. The molecule has 1 aromatic rings. The van der Waals surface area contributed by atoms with Gasteiger partial charge in [0.1, 0.15) is 0 Å². The average molecular weight is 271 g/mol. The Morgan fingerprint density at radius 2 is 2.17 bits per heavy atom. The molecule has 0 saturated heterocycles. The van der Waals surface area contributed by atoms with Crippen molar-refractivity contribution in [2.75, 3.05) is 5.75 Å². The van der Waals surface area contributed by atoms with E-state index in [0.29, 0.717) is 0 Å². The van der Waals surface area contributed by atoms with Gasteiger partial charge in [0.15, 0.2) is 22.7 Å². The molecule has 0 aliphatic heterocycles. The summed E-state index contributed by atoms with van der Waals surface area (Å²) >= 11 is 0. The van der Waals surface area contributed by atoms with Crippen LogP contribution in [0.1, 0.15) is 13.3 Å². The van der Waals surface area contributed by atoms with Crippen LogP contribution in [0.15, 0.2) is 41.1 Å². The Balaban J connectivity index is 2.81. The molecule has 0 fully saturated rings. The Bertz CT molecular complexity index is 524. The summed E-state index contributed by atoms with van der Waals surface area (Å²) in [6.07, 6.45) is 2.15. The minimum Gasteiger partial charge on any atom is -0.245 e.